The van der Waals surface area contributed by atoms with E-state index in [1.54, 1.807) is 16.7 Å². The van der Waals surface area contributed by atoms with Crippen LogP contribution in [0.3, 0.4) is 0 Å². The van der Waals surface area contributed by atoms with Crippen molar-refractivity contribution >= 4 is 5.91 Å². The Labute approximate surface area is 148 Å². The van der Waals surface area contributed by atoms with Crippen LogP contribution in [-0.4, -0.2) is 23.6 Å². The lowest BCUT2D eigenvalue weighted by Crippen LogP contribution is -2.25. The van der Waals surface area contributed by atoms with Crippen LogP contribution in [0.1, 0.15) is 31.4 Å². The molecule has 0 aliphatic heterocycles. The number of aromatic nitrogens is 1. The van der Waals surface area contributed by atoms with E-state index in [4.69, 9.17) is 4.74 Å². The van der Waals surface area contributed by atoms with E-state index in [-0.39, 0.29) is 11.5 Å². The summed E-state index contributed by atoms with van der Waals surface area (Å²) in [6, 6.07) is 14.9. The van der Waals surface area contributed by atoms with Gasteiger partial charge in [0, 0.05) is 31.3 Å². The molecule has 1 aromatic carbocycles. The van der Waals surface area contributed by atoms with Gasteiger partial charge in [-0.3, -0.25) is 9.59 Å². The first-order valence-corrected chi connectivity index (χ1v) is 8.78. The van der Waals surface area contributed by atoms with Crippen LogP contribution < -0.4 is 15.6 Å². The largest absolute Gasteiger partial charge is 0.494 e. The van der Waals surface area contributed by atoms with Gasteiger partial charge in [-0.1, -0.05) is 24.3 Å². The molecule has 1 amide bonds. The molecule has 134 valence electrons. The van der Waals surface area contributed by atoms with Gasteiger partial charge in [0.25, 0.3) is 5.56 Å². The van der Waals surface area contributed by atoms with Gasteiger partial charge in [0.15, 0.2) is 0 Å². The molecule has 25 heavy (non-hydrogen) atoms. The van der Waals surface area contributed by atoms with Crippen molar-refractivity contribution in [1.82, 2.24) is 9.88 Å². The zero-order chi connectivity index (χ0) is 17.9. The van der Waals surface area contributed by atoms with Gasteiger partial charge < -0.3 is 14.6 Å². The van der Waals surface area contributed by atoms with Gasteiger partial charge in [-0.2, -0.15) is 0 Å². The van der Waals surface area contributed by atoms with Crippen LogP contribution in [0.15, 0.2) is 53.3 Å². The summed E-state index contributed by atoms with van der Waals surface area (Å²) in [7, 11) is 0. The zero-order valence-electron chi connectivity index (χ0n) is 14.7. The number of hydrogen-bond acceptors (Lipinski definition) is 3. The zero-order valence-corrected chi connectivity index (χ0v) is 14.7. The fourth-order valence-corrected chi connectivity index (χ4v) is 2.56. The fourth-order valence-electron chi connectivity index (χ4n) is 2.56. The topological polar surface area (TPSA) is 60.3 Å². The van der Waals surface area contributed by atoms with E-state index >= 15 is 0 Å². The molecule has 0 radical (unpaired) electrons. The number of rotatable bonds is 10. The maximum atomic E-state index is 11.8. The molecule has 1 heterocycles. The molecule has 0 saturated carbocycles. The molecular weight excluding hydrogens is 316 g/mol. The second kappa shape index (κ2) is 10.3. The number of para-hydroxylation sites is 1. The average molecular weight is 342 g/mol. The van der Waals surface area contributed by atoms with Gasteiger partial charge in [0.1, 0.15) is 5.75 Å². The Hall–Kier alpha value is -2.56. The molecule has 1 N–H and O–H groups in total. The fraction of sp³-hybridized carbons (Fsp3) is 0.400. The van der Waals surface area contributed by atoms with Crippen LogP contribution in [0.2, 0.25) is 0 Å². The first kappa shape index (κ1) is 18.8. The van der Waals surface area contributed by atoms with Gasteiger partial charge in [-0.25, -0.2) is 0 Å². The summed E-state index contributed by atoms with van der Waals surface area (Å²) >= 11 is 0. The van der Waals surface area contributed by atoms with Gasteiger partial charge in [0.05, 0.1) is 6.61 Å². The average Bonchev–Trinajstić information content (AvgIpc) is 2.61. The highest BCUT2D eigenvalue weighted by atomic mass is 16.5. The molecular formula is C20H26N2O3. The van der Waals surface area contributed by atoms with Crippen LogP contribution in [-0.2, 0) is 11.3 Å². The Morgan fingerprint density at radius 1 is 1.04 bits per heavy atom. The second-order valence-electron chi connectivity index (χ2n) is 5.98. The van der Waals surface area contributed by atoms with Crippen LogP contribution >= 0.6 is 0 Å². The van der Waals surface area contributed by atoms with Crippen molar-refractivity contribution in [3.63, 3.8) is 0 Å². The smallest absolute Gasteiger partial charge is 0.250 e. The maximum Gasteiger partial charge on any atom is 0.250 e. The van der Waals surface area contributed by atoms with E-state index in [9.17, 15) is 9.59 Å². The van der Waals surface area contributed by atoms with Crippen LogP contribution in [0.5, 0.6) is 5.75 Å². The number of unbranched alkanes of at least 4 members (excludes halogenated alkanes) is 1. The Balaban J connectivity index is 1.53. The number of carbonyl (C=O) groups is 1. The lowest BCUT2D eigenvalue weighted by molar-refractivity contribution is -0.121. The second-order valence-corrected chi connectivity index (χ2v) is 5.98. The number of aryl methyl sites for hydroxylation is 1. The van der Waals surface area contributed by atoms with Crippen molar-refractivity contribution in [2.24, 2.45) is 0 Å². The summed E-state index contributed by atoms with van der Waals surface area (Å²) in [5.41, 5.74) is 0.998. The van der Waals surface area contributed by atoms with Crippen molar-refractivity contribution in [3.8, 4) is 5.75 Å². The van der Waals surface area contributed by atoms with Crippen LogP contribution in [0.4, 0.5) is 0 Å². The van der Waals surface area contributed by atoms with Crippen molar-refractivity contribution in [2.45, 2.75) is 39.2 Å². The van der Waals surface area contributed by atoms with Crippen molar-refractivity contribution < 1.29 is 9.53 Å². The summed E-state index contributed by atoms with van der Waals surface area (Å²) in [6.07, 6.45) is 2.87. The maximum absolute atomic E-state index is 11.8. The monoisotopic (exact) mass is 342 g/mol. The molecule has 0 aliphatic rings. The van der Waals surface area contributed by atoms with Gasteiger partial charge in [-0.15, -0.1) is 0 Å². The van der Waals surface area contributed by atoms with E-state index in [0.29, 0.717) is 32.5 Å². The van der Waals surface area contributed by atoms with Crippen molar-refractivity contribution in [3.05, 3.63) is 64.6 Å². The minimum Gasteiger partial charge on any atom is -0.494 e. The number of ether oxygens (including phenoxy) is 1. The number of amides is 1. The minimum absolute atomic E-state index is 0.0300. The van der Waals surface area contributed by atoms with E-state index in [1.165, 1.54) is 0 Å². The minimum atomic E-state index is 0.0300. The summed E-state index contributed by atoms with van der Waals surface area (Å²) in [4.78, 5) is 23.5. The Morgan fingerprint density at radius 3 is 2.60 bits per heavy atom. The number of carbonyl (C=O) groups excluding carboxylic acids is 1. The Kier molecular flexibility index (Phi) is 7.76. The SMILES string of the molecule is Cc1cccc(=O)n1CCCCNC(=O)CCCOc1ccccc1. The highest BCUT2D eigenvalue weighted by molar-refractivity contribution is 5.75. The normalized spacial score (nSPS) is 10.4. The molecule has 2 rings (SSSR count). The van der Waals surface area contributed by atoms with E-state index in [1.807, 2.05) is 43.3 Å². The van der Waals surface area contributed by atoms with E-state index in [2.05, 4.69) is 5.32 Å². The van der Waals surface area contributed by atoms with E-state index in [0.717, 1.165) is 24.3 Å². The van der Waals surface area contributed by atoms with Crippen molar-refractivity contribution in [1.29, 1.82) is 0 Å². The predicted molar refractivity (Wildman–Crippen MR) is 98.9 cm³/mol. The molecule has 5 heteroatoms. The number of nitrogens with zero attached hydrogens (tertiary/aromatic N) is 1. The lowest BCUT2D eigenvalue weighted by Gasteiger charge is -2.10. The Morgan fingerprint density at radius 2 is 1.84 bits per heavy atom. The number of hydrogen-bond donors (Lipinski definition) is 1. The quantitative estimate of drug-likeness (QED) is 0.675. The third-order valence-electron chi connectivity index (χ3n) is 3.96. The van der Waals surface area contributed by atoms with Gasteiger partial charge >= 0.3 is 0 Å². The number of nitrogens with one attached hydrogen (secondary N) is 1. The highest BCUT2D eigenvalue weighted by Crippen LogP contribution is 2.08. The third-order valence-corrected chi connectivity index (χ3v) is 3.96. The van der Waals surface area contributed by atoms with Crippen molar-refractivity contribution in [2.75, 3.05) is 13.2 Å². The third kappa shape index (κ3) is 6.83. The Bertz CT molecular complexity index is 710. The number of pyridine rings is 1. The molecule has 0 spiro atoms. The predicted octanol–water partition coefficient (Wildman–Crippen LogP) is 2.91. The molecule has 2 aromatic rings. The molecule has 0 aliphatic carbocycles. The molecule has 1 aromatic heterocycles. The highest BCUT2D eigenvalue weighted by Gasteiger charge is 2.02. The lowest BCUT2D eigenvalue weighted by atomic mass is 10.2. The van der Waals surface area contributed by atoms with Gasteiger partial charge in [-0.05, 0) is 44.4 Å². The summed E-state index contributed by atoms with van der Waals surface area (Å²) < 4.78 is 7.33. The molecule has 0 saturated heterocycles. The van der Waals surface area contributed by atoms with Crippen LogP contribution in [0.25, 0.3) is 0 Å². The molecule has 0 fully saturated rings. The summed E-state index contributed by atoms with van der Waals surface area (Å²) in [5, 5.41) is 2.91. The molecule has 5 nitrogen and oxygen atoms in total. The number of benzene rings is 1. The van der Waals surface area contributed by atoms with Gasteiger partial charge in [0.2, 0.25) is 5.91 Å². The molecule has 0 unspecified atom stereocenters. The molecule has 0 bridgehead atoms. The standard InChI is InChI=1S/C20H26N2O3/c1-17-9-7-13-20(24)22(17)15-6-5-14-21-19(23)12-8-16-25-18-10-3-2-4-11-18/h2-4,7,9-11,13H,5-6,8,12,14-16H2,1H3,(H,21,23). The molecule has 0 atom stereocenters. The van der Waals surface area contributed by atoms with Crippen LogP contribution in [0, 0.1) is 6.92 Å². The van der Waals surface area contributed by atoms with E-state index < -0.39 is 0 Å². The summed E-state index contributed by atoms with van der Waals surface area (Å²) in [6.45, 7) is 3.79. The first-order chi connectivity index (χ1) is 12.2. The summed E-state index contributed by atoms with van der Waals surface area (Å²) in [5.74, 6) is 0.874. The first-order valence-electron chi connectivity index (χ1n) is 8.78.